The summed E-state index contributed by atoms with van der Waals surface area (Å²) in [6, 6.07) is 8.56. The average molecular weight is 398 g/mol. The zero-order valence-corrected chi connectivity index (χ0v) is 16.1. The molecule has 1 aliphatic heterocycles. The highest BCUT2D eigenvalue weighted by Crippen LogP contribution is 2.25. The molecule has 0 bridgehead atoms. The zero-order valence-electron chi connectivity index (χ0n) is 15.3. The van der Waals surface area contributed by atoms with E-state index in [0.717, 1.165) is 30.0 Å². The van der Waals surface area contributed by atoms with Crippen LogP contribution < -0.4 is 10.2 Å². The number of nitrogens with one attached hydrogen (secondary N) is 1. The van der Waals surface area contributed by atoms with Crippen molar-refractivity contribution in [1.29, 1.82) is 0 Å². The molecule has 1 fully saturated rings. The third-order valence-electron chi connectivity index (χ3n) is 4.44. The van der Waals surface area contributed by atoms with Gasteiger partial charge in [-0.3, -0.25) is 4.79 Å². The standard InChI is InChI=1S/C20H19FN4O2S/c1-13-2-4-16(15(21)10-13)23-19(26)17-12-28-20(24-17)14-3-5-18(22-11-14)25-6-8-27-9-7-25/h2-5,10-12H,6-9H2,1H3,(H,23,26). The van der Waals surface area contributed by atoms with Gasteiger partial charge in [-0.2, -0.15) is 0 Å². The molecule has 28 heavy (non-hydrogen) atoms. The van der Waals surface area contributed by atoms with Crippen LogP contribution >= 0.6 is 11.3 Å². The minimum atomic E-state index is -0.466. The lowest BCUT2D eigenvalue weighted by atomic mass is 10.2. The number of thiazole rings is 1. The third-order valence-corrected chi connectivity index (χ3v) is 5.33. The first-order chi connectivity index (χ1) is 13.6. The first-order valence-corrected chi connectivity index (χ1v) is 9.80. The van der Waals surface area contributed by atoms with Gasteiger partial charge in [0.2, 0.25) is 0 Å². The highest BCUT2D eigenvalue weighted by Gasteiger charge is 2.16. The largest absolute Gasteiger partial charge is 0.378 e. The lowest BCUT2D eigenvalue weighted by Crippen LogP contribution is -2.36. The highest BCUT2D eigenvalue weighted by atomic mass is 32.1. The van der Waals surface area contributed by atoms with Crippen molar-refractivity contribution in [3.8, 4) is 10.6 Å². The van der Waals surface area contributed by atoms with Crippen molar-refractivity contribution in [2.45, 2.75) is 6.92 Å². The van der Waals surface area contributed by atoms with Gasteiger partial charge in [0.15, 0.2) is 0 Å². The molecule has 1 N–H and O–H groups in total. The van der Waals surface area contributed by atoms with Crippen molar-refractivity contribution in [2.24, 2.45) is 0 Å². The number of pyridine rings is 1. The molecule has 1 saturated heterocycles. The molecule has 1 amide bonds. The smallest absolute Gasteiger partial charge is 0.275 e. The van der Waals surface area contributed by atoms with Crippen molar-refractivity contribution in [2.75, 3.05) is 36.5 Å². The average Bonchev–Trinajstić information content (AvgIpc) is 3.21. The molecule has 3 heterocycles. The van der Waals surface area contributed by atoms with E-state index in [2.05, 4.69) is 20.2 Å². The van der Waals surface area contributed by atoms with Gasteiger partial charge in [0.05, 0.1) is 18.9 Å². The van der Waals surface area contributed by atoms with Gasteiger partial charge in [0.1, 0.15) is 22.3 Å². The van der Waals surface area contributed by atoms with Gasteiger partial charge >= 0.3 is 0 Å². The number of carbonyl (C=O) groups excluding carboxylic acids is 1. The number of anilines is 2. The molecular formula is C20H19FN4O2S. The Hall–Kier alpha value is -2.84. The van der Waals surface area contributed by atoms with Crippen molar-refractivity contribution >= 4 is 28.7 Å². The first-order valence-electron chi connectivity index (χ1n) is 8.92. The lowest BCUT2D eigenvalue weighted by Gasteiger charge is -2.27. The number of rotatable bonds is 4. The summed E-state index contributed by atoms with van der Waals surface area (Å²) >= 11 is 1.35. The van der Waals surface area contributed by atoms with Gasteiger partial charge in [-0.05, 0) is 36.8 Å². The number of aryl methyl sites for hydroxylation is 1. The summed E-state index contributed by atoms with van der Waals surface area (Å²) in [5, 5.41) is 4.92. The Morgan fingerprint density at radius 3 is 2.79 bits per heavy atom. The topological polar surface area (TPSA) is 67.4 Å². The second kappa shape index (κ2) is 8.04. The van der Waals surface area contributed by atoms with Crippen molar-refractivity contribution in [1.82, 2.24) is 9.97 Å². The summed E-state index contributed by atoms with van der Waals surface area (Å²) in [6.07, 6.45) is 1.75. The van der Waals surface area contributed by atoms with E-state index in [0.29, 0.717) is 18.2 Å². The lowest BCUT2D eigenvalue weighted by molar-refractivity contribution is 0.102. The van der Waals surface area contributed by atoms with Gasteiger partial charge < -0.3 is 15.0 Å². The maximum atomic E-state index is 13.9. The van der Waals surface area contributed by atoms with E-state index in [-0.39, 0.29) is 11.4 Å². The normalized spacial score (nSPS) is 14.1. The predicted molar refractivity (Wildman–Crippen MR) is 107 cm³/mol. The number of carbonyl (C=O) groups is 1. The number of aromatic nitrogens is 2. The molecule has 144 valence electrons. The van der Waals surface area contributed by atoms with Crippen LogP contribution in [0.1, 0.15) is 16.1 Å². The van der Waals surface area contributed by atoms with Crippen molar-refractivity contribution in [3.05, 3.63) is 59.0 Å². The number of ether oxygens (including phenoxy) is 1. The van der Waals surface area contributed by atoms with E-state index < -0.39 is 11.7 Å². The maximum absolute atomic E-state index is 13.9. The Morgan fingerprint density at radius 1 is 1.25 bits per heavy atom. The van der Waals surface area contributed by atoms with Gasteiger partial charge in [-0.1, -0.05) is 6.07 Å². The predicted octanol–water partition coefficient (Wildman–Crippen LogP) is 3.74. The van der Waals surface area contributed by atoms with Crippen LogP contribution in [0.5, 0.6) is 0 Å². The van der Waals surface area contributed by atoms with Gasteiger partial charge in [0, 0.05) is 30.2 Å². The Bertz CT molecular complexity index is 984. The molecule has 0 unspecified atom stereocenters. The number of hydrogen-bond acceptors (Lipinski definition) is 6. The first kappa shape index (κ1) is 18.5. The van der Waals surface area contributed by atoms with Crippen LogP contribution in [0, 0.1) is 12.7 Å². The molecule has 0 aliphatic carbocycles. The summed E-state index contributed by atoms with van der Waals surface area (Å²) in [5.74, 6) is -0.00808. The number of hydrogen-bond donors (Lipinski definition) is 1. The third kappa shape index (κ3) is 4.02. The van der Waals surface area contributed by atoms with Crippen LogP contribution in [0.25, 0.3) is 10.6 Å². The maximum Gasteiger partial charge on any atom is 0.275 e. The minimum absolute atomic E-state index is 0.140. The van der Waals surface area contributed by atoms with Crippen LogP contribution in [-0.4, -0.2) is 42.2 Å². The molecule has 0 spiro atoms. The molecule has 4 rings (SSSR count). The van der Waals surface area contributed by atoms with E-state index in [1.54, 1.807) is 30.6 Å². The number of benzene rings is 1. The molecule has 1 aliphatic rings. The van der Waals surface area contributed by atoms with Crippen LogP contribution in [0.2, 0.25) is 0 Å². The quantitative estimate of drug-likeness (QED) is 0.725. The second-order valence-corrected chi connectivity index (χ2v) is 7.34. The molecule has 1 aromatic carbocycles. The molecule has 2 aromatic heterocycles. The SMILES string of the molecule is Cc1ccc(NC(=O)c2csc(-c3ccc(N4CCOCC4)nc3)n2)c(F)c1. The fourth-order valence-electron chi connectivity index (χ4n) is 2.91. The number of halogens is 1. The number of morpholine rings is 1. The van der Waals surface area contributed by atoms with E-state index in [9.17, 15) is 9.18 Å². The van der Waals surface area contributed by atoms with Crippen LogP contribution in [0.3, 0.4) is 0 Å². The molecule has 6 nitrogen and oxygen atoms in total. The van der Waals surface area contributed by atoms with Crippen LogP contribution in [0.4, 0.5) is 15.9 Å². The summed E-state index contributed by atoms with van der Waals surface area (Å²) in [6.45, 7) is 4.85. The molecule has 3 aromatic rings. The van der Waals surface area contributed by atoms with E-state index >= 15 is 0 Å². The second-order valence-electron chi connectivity index (χ2n) is 6.48. The van der Waals surface area contributed by atoms with Gasteiger partial charge in [-0.15, -0.1) is 11.3 Å². The zero-order chi connectivity index (χ0) is 19.5. The molecular weight excluding hydrogens is 379 g/mol. The summed E-state index contributed by atoms with van der Waals surface area (Å²) in [7, 11) is 0. The molecule has 8 heteroatoms. The Kier molecular flexibility index (Phi) is 5.31. The summed E-state index contributed by atoms with van der Waals surface area (Å²) in [4.78, 5) is 23.4. The highest BCUT2D eigenvalue weighted by molar-refractivity contribution is 7.13. The molecule has 0 saturated carbocycles. The van der Waals surface area contributed by atoms with Crippen molar-refractivity contribution in [3.63, 3.8) is 0 Å². The Labute approximate surface area is 166 Å². The summed E-state index contributed by atoms with van der Waals surface area (Å²) in [5.41, 5.74) is 2.01. The molecule has 0 atom stereocenters. The fraction of sp³-hybridized carbons (Fsp3) is 0.250. The van der Waals surface area contributed by atoms with Crippen LogP contribution in [0.15, 0.2) is 41.9 Å². The van der Waals surface area contributed by atoms with E-state index in [1.165, 1.54) is 17.4 Å². The summed E-state index contributed by atoms with van der Waals surface area (Å²) < 4.78 is 19.3. The van der Waals surface area contributed by atoms with E-state index in [4.69, 9.17) is 4.74 Å². The van der Waals surface area contributed by atoms with Crippen LogP contribution in [-0.2, 0) is 4.74 Å². The van der Waals surface area contributed by atoms with Gasteiger partial charge in [0.25, 0.3) is 5.91 Å². The monoisotopic (exact) mass is 398 g/mol. The van der Waals surface area contributed by atoms with Gasteiger partial charge in [-0.25, -0.2) is 14.4 Å². The van der Waals surface area contributed by atoms with E-state index in [1.807, 2.05) is 12.1 Å². The fourth-order valence-corrected chi connectivity index (χ4v) is 3.70. The minimum Gasteiger partial charge on any atom is -0.378 e. The number of nitrogens with zero attached hydrogens (tertiary/aromatic N) is 3. The molecule has 0 radical (unpaired) electrons. The Morgan fingerprint density at radius 2 is 2.07 bits per heavy atom. The van der Waals surface area contributed by atoms with Crippen molar-refractivity contribution < 1.29 is 13.9 Å². The number of amides is 1. The Balaban J connectivity index is 1.46.